The summed E-state index contributed by atoms with van der Waals surface area (Å²) in [5.41, 5.74) is 4.50. The molecule has 1 fully saturated rings. The molecule has 0 bridgehead atoms. The van der Waals surface area contributed by atoms with E-state index in [1.54, 1.807) is 12.3 Å². The molecule has 13 heteroatoms. The van der Waals surface area contributed by atoms with Crippen LogP contribution in [0.25, 0.3) is 0 Å². The maximum atomic E-state index is 14.1. The highest BCUT2D eigenvalue weighted by Gasteiger charge is 2.55. The number of fused-ring (bicyclic) bond motifs is 1. The number of nitrogens with zero attached hydrogens (tertiary/aromatic N) is 3. The molecule has 5 aromatic carbocycles. The van der Waals surface area contributed by atoms with Gasteiger partial charge in [0, 0.05) is 17.0 Å². The topological polar surface area (TPSA) is 122 Å². The number of anilines is 1. The minimum Gasteiger partial charge on any atom is -0.448 e. The van der Waals surface area contributed by atoms with Gasteiger partial charge >= 0.3 is 5.97 Å². The summed E-state index contributed by atoms with van der Waals surface area (Å²) in [5.74, 6) is -1.41. The molecule has 0 spiro atoms. The molecule has 6 aromatic rings. The van der Waals surface area contributed by atoms with E-state index in [9.17, 15) is 14.4 Å². The minimum atomic E-state index is -0.967. The van der Waals surface area contributed by atoms with Crippen molar-refractivity contribution >= 4 is 63.3 Å². The number of alkyl halides is 1. The standard InChI is InChI=1S/C47H40ClN5O5S2/c1-2-57-52-38(37-30-60-46(49-37)51-47(34-22-12-5-13-23-34,35-24-14-6-15-25-35)36-26-16-7-17-27-36)42(54)50-39-43(55)53-40(33(28-48)29-59-44(39)53)45(56)58-41(31-18-8-3-9-19-31)32-20-10-4-11-21-32/h3-27,30,39,41,44H,2,28-29H2,1H3,(H,49,51)(H,50,54)/b52-38-/t39?,44-/m0/s1. The second-order valence-electron chi connectivity index (χ2n) is 13.9. The number of nitrogens with one attached hydrogen (secondary N) is 2. The Bertz CT molecular complexity index is 2370. The average Bonchev–Trinajstić information content (AvgIpc) is 3.77. The Morgan fingerprint density at radius 2 is 1.35 bits per heavy atom. The Balaban J connectivity index is 1.04. The molecule has 2 N–H and O–H groups in total. The van der Waals surface area contributed by atoms with Crippen LogP contribution >= 0.6 is 34.7 Å². The van der Waals surface area contributed by atoms with Gasteiger partial charge in [0.25, 0.3) is 11.8 Å². The monoisotopic (exact) mass is 853 g/mol. The zero-order chi connectivity index (χ0) is 41.5. The predicted octanol–water partition coefficient (Wildman–Crippen LogP) is 8.51. The van der Waals surface area contributed by atoms with Crippen molar-refractivity contribution in [1.29, 1.82) is 0 Å². The van der Waals surface area contributed by atoms with Gasteiger partial charge in [-0.1, -0.05) is 157 Å². The summed E-state index contributed by atoms with van der Waals surface area (Å²) in [6, 6.07) is 48.2. The van der Waals surface area contributed by atoms with E-state index in [0.717, 1.165) is 27.8 Å². The Morgan fingerprint density at radius 1 is 0.833 bits per heavy atom. The van der Waals surface area contributed by atoms with Gasteiger partial charge in [0.1, 0.15) is 35.0 Å². The zero-order valence-corrected chi connectivity index (χ0v) is 34.8. The molecule has 60 heavy (non-hydrogen) atoms. The van der Waals surface area contributed by atoms with Gasteiger partial charge in [0.15, 0.2) is 16.9 Å². The number of oxime groups is 1. The number of hydrogen-bond donors (Lipinski definition) is 2. The molecular formula is C47H40ClN5O5S2. The molecule has 10 nitrogen and oxygen atoms in total. The van der Waals surface area contributed by atoms with Crippen molar-refractivity contribution in [2.45, 2.75) is 30.0 Å². The second-order valence-corrected chi connectivity index (χ2v) is 16.2. The van der Waals surface area contributed by atoms with E-state index in [0.29, 0.717) is 16.5 Å². The molecule has 2 amide bonds. The number of aromatic nitrogens is 1. The zero-order valence-electron chi connectivity index (χ0n) is 32.4. The molecule has 0 aliphatic carbocycles. The Morgan fingerprint density at radius 3 is 1.85 bits per heavy atom. The molecular weight excluding hydrogens is 814 g/mol. The quantitative estimate of drug-likeness (QED) is 0.0264. The van der Waals surface area contributed by atoms with E-state index in [-0.39, 0.29) is 29.6 Å². The van der Waals surface area contributed by atoms with Crippen molar-refractivity contribution in [1.82, 2.24) is 15.2 Å². The van der Waals surface area contributed by atoms with E-state index < -0.39 is 40.8 Å². The maximum Gasteiger partial charge on any atom is 0.356 e. The van der Waals surface area contributed by atoms with Crippen LogP contribution in [0, 0.1) is 0 Å². The van der Waals surface area contributed by atoms with Crippen molar-refractivity contribution in [3.8, 4) is 0 Å². The number of rotatable bonds is 15. The number of β-lactam (4-membered cyclic amide) rings is 1. The van der Waals surface area contributed by atoms with Crippen molar-refractivity contribution in [2.24, 2.45) is 5.16 Å². The number of thiazole rings is 1. The van der Waals surface area contributed by atoms with Crippen LogP contribution in [0.2, 0.25) is 0 Å². The molecule has 1 unspecified atom stereocenters. The van der Waals surface area contributed by atoms with Crippen molar-refractivity contribution in [3.05, 3.63) is 202 Å². The fourth-order valence-electron chi connectivity index (χ4n) is 7.45. The summed E-state index contributed by atoms with van der Waals surface area (Å²) >= 11 is 9.10. The molecule has 2 atom stereocenters. The summed E-state index contributed by atoms with van der Waals surface area (Å²) in [5, 5.41) is 12.5. The van der Waals surface area contributed by atoms with Crippen LogP contribution < -0.4 is 10.6 Å². The van der Waals surface area contributed by atoms with Gasteiger partial charge in [-0.2, -0.15) is 0 Å². The molecule has 1 saturated heterocycles. The van der Waals surface area contributed by atoms with Gasteiger partial charge in [-0.3, -0.25) is 14.5 Å². The minimum absolute atomic E-state index is 0.0256. The van der Waals surface area contributed by atoms with Crippen molar-refractivity contribution in [2.75, 3.05) is 23.6 Å². The predicted molar refractivity (Wildman–Crippen MR) is 237 cm³/mol. The van der Waals surface area contributed by atoms with Crippen LogP contribution in [0.1, 0.15) is 46.5 Å². The van der Waals surface area contributed by atoms with Crippen LogP contribution in [0.5, 0.6) is 0 Å². The molecule has 302 valence electrons. The van der Waals surface area contributed by atoms with Crippen molar-refractivity contribution in [3.63, 3.8) is 0 Å². The van der Waals surface area contributed by atoms with Crippen LogP contribution in [0.15, 0.2) is 173 Å². The van der Waals surface area contributed by atoms with E-state index >= 15 is 0 Å². The molecule has 1 aromatic heterocycles. The lowest BCUT2D eigenvalue weighted by molar-refractivity contribution is -0.154. The molecule has 8 rings (SSSR count). The van der Waals surface area contributed by atoms with Crippen molar-refractivity contribution < 1.29 is 24.0 Å². The highest BCUT2D eigenvalue weighted by Crippen LogP contribution is 2.43. The smallest absolute Gasteiger partial charge is 0.356 e. The van der Waals surface area contributed by atoms with Gasteiger partial charge in [-0.25, -0.2) is 9.78 Å². The summed E-state index contributed by atoms with van der Waals surface area (Å²) in [6.45, 7) is 1.96. The number of thioether (sulfide) groups is 1. The van der Waals surface area contributed by atoms with Gasteiger partial charge < -0.3 is 20.2 Å². The van der Waals surface area contributed by atoms with Crippen LogP contribution in [0.4, 0.5) is 5.13 Å². The van der Waals surface area contributed by atoms with Crippen LogP contribution in [0.3, 0.4) is 0 Å². The number of carbonyl (C=O) groups excluding carboxylic acids is 3. The summed E-state index contributed by atoms with van der Waals surface area (Å²) < 4.78 is 6.18. The first-order valence-electron chi connectivity index (χ1n) is 19.4. The maximum absolute atomic E-state index is 14.1. The lowest BCUT2D eigenvalue weighted by atomic mass is 9.77. The number of ether oxygens (including phenoxy) is 1. The first kappa shape index (κ1) is 40.6. The molecule has 0 saturated carbocycles. The molecule has 0 radical (unpaired) electrons. The lowest BCUT2D eigenvalue weighted by Crippen LogP contribution is -2.71. The Kier molecular flexibility index (Phi) is 12.4. The fraction of sp³-hybridized carbons (Fsp3) is 0.170. The van der Waals surface area contributed by atoms with Crippen LogP contribution in [-0.2, 0) is 29.5 Å². The second kappa shape index (κ2) is 18.4. The number of esters is 1. The first-order valence-corrected chi connectivity index (χ1v) is 21.8. The summed E-state index contributed by atoms with van der Waals surface area (Å²) in [4.78, 5) is 53.9. The summed E-state index contributed by atoms with van der Waals surface area (Å²) in [6.07, 6.45) is -0.725. The highest BCUT2D eigenvalue weighted by molar-refractivity contribution is 8.00. The number of hydrogen-bond acceptors (Lipinski definition) is 10. The Hall–Kier alpha value is -6.21. The largest absolute Gasteiger partial charge is 0.448 e. The van der Waals surface area contributed by atoms with E-state index in [1.165, 1.54) is 28.0 Å². The number of benzene rings is 5. The van der Waals surface area contributed by atoms with Gasteiger partial charge in [-0.15, -0.1) is 34.7 Å². The first-order chi connectivity index (χ1) is 29.4. The van der Waals surface area contributed by atoms with E-state index in [2.05, 4.69) is 52.2 Å². The Labute approximate surface area is 361 Å². The molecule has 3 heterocycles. The highest BCUT2D eigenvalue weighted by atomic mass is 35.5. The number of carbonyl (C=O) groups is 3. The molecule has 2 aliphatic rings. The average molecular weight is 854 g/mol. The molecule has 2 aliphatic heterocycles. The third-order valence-electron chi connectivity index (χ3n) is 10.3. The number of halogens is 1. The van der Waals surface area contributed by atoms with Gasteiger partial charge in [0.2, 0.25) is 0 Å². The van der Waals surface area contributed by atoms with E-state index in [1.807, 2.05) is 115 Å². The normalized spacial score (nSPS) is 16.5. The fourth-order valence-corrected chi connectivity index (χ4v) is 9.88. The third-order valence-corrected chi connectivity index (χ3v) is 12.7. The van der Waals surface area contributed by atoms with Gasteiger partial charge in [-0.05, 0) is 40.3 Å². The lowest BCUT2D eigenvalue weighted by Gasteiger charge is -2.49. The van der Waals surface area contributed by atoms with E-state index in [4.69, 9.17) is 26.2 Å². The van der Waals surface area contributed by atoms with Crippen LogP contribution in [-0.4, -0.2) is 63.0 Å². The number of amides is 2. The summed E-state index contributed by atoms with van der Waals surface area (Å²) in [7, 11) is 0. The third kappa shape index (κ3) is 8.05. The SMILES string of the molecule is CCO/N=C(\C(=O)NC1C(=O)N2C(C(=O)OC(c3ccccc3)c3ccccc3)=C(CCl)CS[C@@H]12)c1csc(NC(c2ccccc2)(c2ccccc2)c2ccccc2)n1. The van der Waals surface area contributed by atoms with Gasteiger partial charge in [0.05, 0.1) is 0 Å².